The third-order valence-electron chi connectivity index (χ3n) is 7.03. The molecule has 1 amide bonds. The predicted molar refractivity (Wildman–Crippen MR) is 156 cm³/mol. The average Bonchev–Trinajstić information content (AvgIpc) is 3.00. The van der Waals surface area contributed by atoms with Crippen molar-refractivity contribution in [2.24, 2.45) is 17.8 Å². The molecule has 0 aliphatic carbocycles. The van der Waals surface area contributed by atoms with Gasteiger partial charge in [0.25, 0.3) is 5.91 Å². The first-order valence-electron chi connectivity index (χ1n) is 14.6. The fourth-order valence-corrected chi connectivity index (χ4v) is 4.86. The number of cyclic esters (lactones) is 1. The molecule has 1 saturated heterocycles. The normalized spacial score (nSPS) is 21.1. The Morgan fingerprint density at radius 2 is 1.83 bits per heavy atom. The lowest BCUT2D eigenvalue weighted by Crippen LogP contribution is -2.45. The summed E-state index contributed by atoms with van der Waals surface area (Å²) in [4.78, 5) is 42.8. The van der Waals surface area contributed by atoms with Gasteiger partial charge in [0, 0.05) is 18.9 Å². The molecule has 1 fully saturated rings. The number of pyridine rings is 1. The fourth-order valence-electron chi connectivity index (χ4n) is 4.86. The molecule has 1 N–H and O–H groups in total. The maximum absolute atomic E-state index is 13.4. The molecule has 2 aromatic rings. The van der Waals surface area contributed by atoms with E-state index < -0.39 is 36.8 Å². The van der Waals surface area contributed by atoms with Crippen molar-refractivity contribution in [1.29, 1.82) is 0 Å². The van der Waals surface area contributed by atoms with Gasteiger partial charge in [-0.05, 0) is 43.6 Å². The highest BCUT2D eigenvalue weighted by Gasteiger charge is 2.35. The number of nitrogens with zero attached hydrogens (tertiary/aromatic N) is 1. The summed E-state index contributed by atoms with van der Waals surface area (Å²) in [7, 11) is 1.42. The Bertz CT molecular complexity index is 1170. The van der Waals surface area contributed by atoms with Crippen LogP contribution in [-0.4, -0.2) is 61.6 Å². The highest BCUT2D eigenvalue weighted by Crippen LogP contribution is 2.31. The van der Waals surface area contributed by atoms with Crippen molar-refractivity contribution in [3.05, 3.63) is 53.9 Å². The molecular formula is C32H44N2O8. The molecule has 2 heterocycles. The molecule has 42 heavy (non-hydrogen) atoms. The van der Waals surface area contributed by atoms with Crippen molar-refractivity contribution in [2.75, 3.05) is 20.5 Å². The minimum absolute atomic E-state index is 0.00364. The first-order chi connectivity index (χ1) is 20.1. The maximum atomic E-state index is 13.4. The third-order valence-corrected chi connectivity index (χ3v) is 7.03. The van der Waals surface area contributed by atoms with Crippen LogP contribution in [0.3, 0.4) is 0 Å². The van der Waals surface area contributed by atoms with Gasteiger partial charge in [0.05, 0.1) is 19.1 Å². The van der Waals surface area contributed by atoms with Crippen LogP contribution in [0.1, 0.15) is 69.9 Å². The number of carbonyl (C=O) groups is 3. The van der Waals surface area contributed by atoms with E-state index >= 15 is 0 Å². The average molecular weight is 585 g/mol. The number of hydrogen-bond acceptors (Lipinski definition) is 9. The van der Waals surface area contributed by atoms with Gasteiger partial charge in [-0.15, -0.1) is 0 Å². The topological polar surface area (TPSA) is 122 Å². The molecule has 0 spiro atoms. The zero-order chi connectivity index (χ0) is 30.6. The number of methoxy groups -OCH3 is 1. The number of carbonyl (C=O) groups excluding carboxylic acids is 3. The van der Waals surface area contributed by atoms with Crippen molar-refractivity contribution < 1.29 is 38.1 Å². The number of amides is 1. The molecule has 0 radical (unpaired) electrons. The molecule has 10 nitrogen and oxygen atoms in total. The highest BCUT2D eigenvalue weighted by atomic mass is 16.7. The Morgan fingerprint density at radius 1 is 1.10 bits per heavy atom. The molecular weight excluding hydrogens is 540 g/mol. The van der Waals surface area contributed by atoms with Gasteiger partial charge in [-0.3, -0.25) is 9.59 Å². The lowest BCUT2D eigenvalue weighted by atomic mass is 9.86. The predicted octanol–water partition coefficient (Wildman–Crippen LogP) is 4.74. The van der Waals surface area contributed by atoms with E-state index in [1.54, 1.807) is 13.8 Å². The van der Waals surface area contributed by atoms with Crippen LogP contribution in [0.5, 0.6) is 11.5 Å². The summed E-state index contributed by atoms with van der Waals surface area (Å²) >= 11 is 0. The van der Waals surface area contributed by atoms with E-state index in [4.69, 9.17) is 23.7 Å². The summed E-state index contributed by atoms with van der Waals surface area (Å²) in [5, 5.41) is 2.78. The van der Waals surface area contributed by atoms with Gasteiger partial charge in [-0.25, -0.2) is 9.78 Å². The van der Waals surface area contributed by atoms with Crippen molar-refractivity contribution in [2.45, 2.75) is 78.6 Å². The van der Waals surface area contributed by atoms with Crippen LogP contribution < -0.4 is 14.8 Å². The van der Waals surface area contributed by atoms with Crippen LogP contribution in [0.25, 0.3) is 0 Å². The second kappa shape index (κ2) is 16.1. The number of esters is 2. The van der Waals surface area contributed by atoms with Gasteiger partial charge in [-0.1, -0.05) is 64.4 Å². The number of aromatic nitrogens is 1. The highest BCUT2D eigenvalue weighted by molar-refractivity contribution is 5.98. The SMILES string of the molecule is COc1ccnc(C(=O)N[C@H]2CCC[C@H](Cc3ccccc3)[C@@H](OCC(C)C)[C@H](C)OC2=O)c1OCOC(=O)C(C)C. The standard InChI is InChI=1S/C32H44N2O8/c1-20(2)18-39-28-22(5)42-32(37)25(14-10-13-24(28)17-23-11-8-7-9-12-23)34-30(35)27-29(26(38-6)15-16-33-27)40-19-41-31(36)21(3)4/h7-9,11-12,15-16,20-22,24-25,28H,10,13-14,17-19H2,1-6H3,(H,34,35)/t22-,24+,25-,28-/m0/s1. The lowest BCUT2D eigenvalue weighted by Gasteiger charge is -2.32. The monoisotopic (exact) mass is 584 g/mol. The summed E-state index contributed by atoms with van der Waals surface area (Å²) in [6, 6.07) is 10.8. The molecule has 1 aliphatic heterocycles. The molecule has 10 heteroatoms. The Hall–Kier alpha value is -3.66. The van der Waals surface area contributed by atoms with E-state index in [1.165, 1.54) is 24.9 Å². The summed E-state index contributed by atoms with van der Waals surface area (Å²) in [5.41, 5.74) is 1.09. The smallest absolute Gasteiger partial charge is 0.329 e. The minimum Gasteiger partial charge on any atom is -0.493 e. The van der Waals surface area contributed by atoms with E-state index in [0.29, 0.717) is 25.4 Å². The molecule has 0 unspecified atom stereocenters. The minimum atomic E-state index is -0.902. The Labute approximate surface area is 248 Å². The summed E-state index contributed by atoms with van der Waals surface area (Å²) in [6.07, 6.45) is 3.22. The van der Waals surface area contributed by atoms with E-state index in [1.807, 2.05) is 25.1 Å². The first-order valence-corrected chi connectivity index (χ1v) is 14.6. The molecule has 3 rings (SSSR count). The van der Waals surface area contributed by atoms with Gasteiger partial charge >= 0.3 is 11.9 Å². The van der Waals surface area contributed by atoms with E-state index in [2.05, 4.69) is 36.3 Å². The molecule has 1 aromatic heterocycles. The number of nitrogens with one attached hydrogen (secondary N) is 1. The van der Waals surface area contributed by atoms with Crippen LogP contribution >= 0.6 is 0 Å². The maximum Gasteiger partial charge on any atom is 0.329 e. The van der Waals surface area contributed by atoms with Gasteiger partial charge in [-0.2, -0.15) is 0 Å². The third kappa shape index (κ3) is 9.44. The van der Waals surface area contributed by atoms with E-state index in [-0.39, 0.29) is 35.1 Å². The molecule has 0 saturated carbocycles. The van der Waals surface area contributed by atoms with Crippen LogP contribution in [0.15, 0.2) is 42.6 Å². The summed E-state index contributed by atoms with van der Waals surface area (Å²) < 4.78 is 28.3. The zero-order valence-electron chi connectivity index (χ0n) is 25.5. The largest absolute Gasteiger partial charge is 0.493 e. The molecule has 230 valence electrons. The number of ether oxygens (including phenoxy) is 5. The van der Waals surface area contributed by atoms with E-state index in [9.17, 15) is 14.4 Å². The lowest BCUT2D eigenvalue weighted by molar-refractivity contribution is -0.161. The van der Waals surface area contributed by atoms with Gasteiger partial charge < -0.3 is 29.0 Å². The van der Waals surface area contributed by atoms with Crippen LogP contribution in [0.2, 0.25) is 0 Å². The Morgan fingerprint density at radius 3 is 2.50 bits per heavy atom. The first kappa shape index (κ1) is 32.8. The van der Waals surface area contributed by atoms with Crippen molar-refractivity contribution in [3.63, 3.8) is 0 Å². The Balaban J connectivity index is 1.77. The molecule has 1 aromatic carbocycles. The Kier molecular flexibility index (Phi) is 12.6. The second-order valence-corrected chi connectivity index (χ2v) is 11.3. The van der Waals surface area contributed by atoms with Crippen molar-refractivity contribution in [1.82, 2.24) is 10.3 Å². The van der Waals surface area contributed by atoms with Crippen LogP contribution in [0.4, 0.5) is 0 Å². The van der Waals surface area contributed by atoms with E-state index in [0.717, 1.165) is 12.8 Å². The van der Waals surface area contributed by atoms with Crippen molar-refractivity contribution in [3.8, 4) is 11.5 Å². The van der Waals surface area contributed by atoms with Crippen LogP contribution in [-0.2, 0) is 30.2 Å². The molecule has 0 bridgehead atoms. The summed E-state index contributed by atoms with van der Waals surface area (Å²) in [5.74, 6) is -1.28. The van der Waals surface area contributed by atoms with Gasteiger partial charge in [0.15, 0.2) is 17.2 Å². The second-order valence-electron chi connectivity index (χ2n) is 11.3. The molecule has 1 aliphatic rings. The fraction of sp³-hybridized carbons (Fsp3) is 0.562. The number of hydrogen-bond donors (Lipinski definition) is 1. The van der Waals surface area contributed by atoms with Crippen LogP contribution in [0, 0.1) is 17.8 Å². The number of rotatable bonds is 12. The number of benzene rings is 1. The van der Waals surface area contributed by atoms with Gasteiger partial charge in [0.1, 0.15) is 12.1 Å². The van der Waals surface area contributed by atoms with Crippen molar-refractivity contribution >= 4 is 17.8 Å². The zero-order valence-corrected chi connectivity index (χ0v) is 25.5. The quantitative estimate of drug-likeness (QED) is 0.278. The van der Waals surface area contributed by atoms with Gasteiger partial charge in [0.2, 0.25) is 6.79 Å². The molecule has 4 atom stereocenters. The summed E-state index contributed by atoms with van der Waals surface area (Å²) in [6.45, 7) is 9.54.